The summed E-state index contributed by atoms with van der Waals surface area (Å²) in [5.41, 5.74) is 1.88. The summed E-state index contributed by atoms with van der Waals surface area (Å²) in [4.78, 5) is 0. The van der Waals surface area contributed by atoms with Gasteiger partial charge in [0.2, 0.25) is 0 Å². The molecule has 0 aromatic heterocycles. The first-order chi connectivity index (χ1) is 8.07. The average Bonchev–Trinajstić information content (AvgIpc) is 2.28. The molecule has 1 rings (SSSR count). The van der Waals surface area contributed by atoms with Crippen LogP contribution in [0.15, 0.2) is 23.8 Å². The van der Waals surface area contributed by atoms with Crippen molar-refractivity contribution in [2.24, 2.45) is 5.41 Å². The van der Waals surface area contributed by atoms with Crippen molar-refractivity contribution in [2.75, 3.05) is 13.2 Å². The summed E-state index contributed by atoms with van der Waals surface area (Å²) in [6.07, 6.45) is 9.92. The Morgan fingerprint density at radius 3 is 2.41 bits per heavy atom. The molecule has 0 aromatic rings. The maximum atomic E-state index is 5.48. The largest absolute Gasteiger partial charge is 0.349 e. The summed E-state index contributed by atoms with van der Waals surface area (Å²) in [6.45, 7) is 9.99. The van der Waals surface area contributed by atoms with Crippen molar-refractivity contribution in [3.8, 4) is 0 Å². The van der Waals surface area contributed by atoms with Gasteiger partial charge in [-0.2, -0.15) is 0 Å². The Morgan fingerprint density at radius 2 is 1.94 bits per heavy atom. The van der Waals surface area contributed by atoms with E-state index in [1.165, 1.54) is 18.4 Å². The predicted molar refractivity (Wildman–Crippen MR) is 71.9 cm³/mol. The minimum Gasteiger partial charge on any atom is -0.349 e. The van der Waals surface area contributed by atoms with Crippen LogP contribution in [0.1, 0.15) is 47.0 Å². The second kappa shape index (κ2) is 6.97. The maximum absolute atomic E-state index is 5.48. The highest BCUT2D eigenvalue weighted by Gasteiger charge is 2.20. The molecule has 0 aromatic carbocycles. The molecule has 0 N–H and O–H groups in total. The third-order valence-electron chi connectivity index (χ3n) is 3.14. The fraction of sp³-hybridized carbons (Fsp3) is 0.733. The second-order valence-electron chi connectivity index (χ2n) is 5.29. The molecule has 98 valence electrons. The Kier molecular flexibility index (Phi) is 5.93. The van der Waals surface area contributed by atoms with Crippen LogP contribution in [0, 0.1) is 5.41 Å². The maximum Gasteiger partial charge on any atom is 0.177 e. The van der Waals surface area contributed by atoms with Gasteiger partial charge in [0, 0.05) is 13.2 Å². The Bertz CT molecular complexity index is 271. The molecule has 1 aliphatic carbocycles. The quantitative estimate of drug-likeness (QED) is 0.649. The third kappa shape index (κ3) is 5.51. The fourth-order valence-corrected chi connectivity index (χ4v) is 1.94. The highest BCUT2D eigenvalue weighted by molar-refractivity contribution is 5.22. The molecule has 0 bridgehead atoms. The summed E-state index contributed by atoms with van der Waals surface area (Å²) in [6, 6.07) is 0. The Labute approximate surface area is 106 Å². The van der Waals surface area contributed by atoms with Crippen LogP contribution in [0.4, 0.5) is 0 Å². The molecule has 1 aliphatic rings. The van der Waals surface area contributed by atoms with E-state index in [1.54, 1.807) is 0 Å². The molecule has 0 amide bonds. The second-order valence-corrected chi connectivity index (χ2v) is 5.29. The number of hydrogen-bond donors (Lipinski definition) is 0. The molecule has 0 unspecified atom stereocenters. The molecule has 0 radical (unpaired) electrons. The van der Waals surface area contributed by atoms with Gasteiger partial charge in [0.15, 0.2) is 6.29 Å². The van der Waals surface area contributed by atoms with E-state index in [4.69, 9.17) is 9.47 Å². The Morgan fingerprint density at radius 1 is 1.29 bits per heavy atom. The zero-order chi connectivity index (χ0) is 12.7. The summed E-state index contributed by atoms with van der Waals surface area (Å²) < 4.78 is 11.0. The topological polar surface area (TPSA) is 18.5 Å². The van der Waals surface area contributed by atoms with E-state index in [1.807, 2.05) is 19.9 Å². The minimum absolute atomic E-state index is 0.194. The highest BCUT2D eigenvalue weighted by atomic mass is 16.7. The molecule has 0 heterocycles. The van der Waals surface area contributed by atoms with E-state index < -0.39 is 0 Å². The minimum atomic E-state index is -0.194. The van der Waals surface area contributed by atoms with Crippen molar-refractivity contribution >= 4 is 0 Å². The lowest BCUT2D eigenvalue weighted by molar-refractivity contribution is -0.103. The van der Waals surface area contributed by atoms with Crippen LogP contribution < -0.4 is 0 Å². The van der Waals surface area contributed by atoms with Crippen molar-refractivity contribution in [2.45, 2.75) is 53.2 Å². The van der Waals surface area contributed by atoms with E-state index >= 15 is 0 Å². The van der Waals surface area contributed by atoms with E-state index in [0.717, 1.165) is 6.42 Å². The van der Waals surface area contributed by atoms with Gasteiger partial charge in [0.25, 0.3) is 0 Å². The van der Waals surface area contributed by atoms with Crippen molar-refractivity contribution in [1.82, 2.24) is 0 Å². The van der Waals surface area contributed by atoms with Gasteiger partial charge in [-0.05, 0) is 44.6 Å². The lowest BCUT2D eigenvalue weighted by Crippen LogP contribution is -2.15. The molecule has 0 spiro atoms. The first-order valence-corrected chi connectivity index (χ1v) is 6.68. The van der Waals surface area contributed by atoms with Crippen LogP contribution in [0.25, 0.3) is 0 Å². The van der Waals surface area contributed by atoms with Crippen LogP contribution >= 0.6 is 0 Å². The average molecular weight is 238 g/mol. The molecular weight excluding hydrogens is 212 g/mol. The van der Waals surface area contributed by atoms with Crippen molar-refractivity contribution < 1.29 is 9.47 Å². The number of ether oxygens (including phenoxy) is 2. The summed E-state index contributed by atoms with van der Waals surface area (Å²) in [5.74, 6) is 0. The lowest BCUT2D eigenvalue weighted by atomic mass is 9.78. The molecule has 2 heteroatoms. The van der Waals surface area contributed by atoms with Gasteiger partial charge in [-0.1, -0.05) is 31.6 Å². The smallest absolute Gasteiger partial charge is 0.177 e. The Balaban J connectivity index is 2.49. The number of hydrogen-bond acceptors (Lipinski definition) is 2. The van der Waals surface area contributed by atoms with Crippen LogP contribution in [-0.2, 0) is 9.47 Å². The van der Waals surface area contributed by atoms with Crippen LogP contribution in [0.5, 0.6) is 0 Å². The molecule has 0 saturated carbocycles. The third-order valence-corrected chi connectivity index (χ3v) is 3.14. The molecule has 0 aliphatic heterocycles. The van der Waals surface area contributed by atoms with Gasteiger partial charge in [0.1, 0.15) is 0 Å². The van der Waals surface area contributed by atoms with Gasteiger partial charge in [-0.3, -0.25) is 0 Å². The standard InChI is InChI=1S/C15H26O2/c1-5-16-14(17-6-2)8-7-13-9-11-15(3,4)12-10-13/h7-9,14H,5-6,10-12H2,1-4H3. The van der Waals surface area contributed by atoms with E-state index in [0.29, 0.717) is 18.6 Å². The molecule has 17 heavy (non-hydrogen) atoms. The van der Waals surface area contributed by atoms with E-state index in [-0.39, 0.29) is 6.29 Å². The summed E-state index contributed by atoms with van der Waals surface area (Å²) in [5, 5.41) is 0. The fourth-order valence-electron chi connectivity index (χ4n) is 1.94. The molecule has 0 fully saturated rings. The van der Waals surface area contributed by atoms with Crippen LogP contribution in [0.2, 0.25) is 0 Å². The van der Waals surface area contributed by atoms with Gasteiger partial charge in [-0.25, -0.2) is 0 Å². The van der Waals surface area contributed by atoms with Crippen molar-refractivity contribution in [3.05, 3.63) is 23.8 Å². The Hall–Kier alpha value is -0.600. The highest BCUT2D eigenvalue weighted by Crippen LogP contribution is 2.34. The zero-order valence-electron chi connectivity index (χ0n) is 11.7. The van der Waals surface area contributed by atoms with E-state index in [2.05, 4.69) is 26.0 Å². The van der Waals surface area contributed by atoms with Gasteiger partial charge in [-0.15, -0.1) is 0 Å². The van der Waals surface area contributed by atoms with Gasteiger partial charge < -0.3 is 9.47 Å². The lowest BCUT2D eigenvalue weighted by Gasteiger charge is -2.27. The number of rotatable bonds is 6. The summed E-state index contributed by atoms with van der Waals surface area (Å²) >= 11 is 0. The van der Waals surface area contributed by atoms with Gasteiger partial charge in [0.05, 0.1) is 0 Å². The summed E-state index contributed by atoms with van der Waals surface area (Å²) in [7, 11) is 0. The normalized spacial score (nSPS) is 19.9. The number of allylic oxidation sites excluding steroid dienone is 3. The SMILES string of the molecule is CCOC(C=CC1=CCC(C)(C)CC1)OCC. The predicted octanol–water partition coefficient (Wildman–Crippen LogP) is 4.08. The van der Waals surface area contributed by atoms with Crippen LogP contribution in [0.3, 0.4) is 0 Å². The zero-order valence-corrected chi connectivity index (χ0v) is 11.7. The first kappa shape index (κ1) is 14.5. The van der Waals surface area contributed by atoms with E-state index in [9.17, 15) is 0 Å². The van der Waals surface area contributed by atoms with Crippen LogP contribution in [-0.4, -0.2) is 19.5 Å². The molecule has 0 atom stereocenters. The first-order valence-electron chi connectivity index (χ1n) is 6.68. The molecule has 2 nitrogen and oxygen atoms in total. The molecular formula is C15H26O2. The van der Waals surface area contributed by atoms with Crippen molar-refractivity contribution in [3.63, 3.8) is 0 Å². The van der Waals surface area contributed by atoms with Crippen molar-refractivity contribution in [1.29, 1.82) is 0 Å². The monoisotopic (exact) mass is 238 g/mol. The van der Waals surface area contributed by atoms with Gasteiger partial charge >= 0.3 is 0 Å². The molecule has 0 saturated heterocycles.